The van der Waals surface area contributed by atoms with E-state index in [-0.39, 0.29) is 47.3 Å². The maximum absolute atomic E-state index is 14.8. The van der Waals surface area contributed by atoms with E-state index in [1.807, 2.05) is 0 Å². The number of likely N-dealkylation sites (N-methyl/N-ethyl adjacent to an activating group) is 2. The molecule has 0 radical (unpaired) electrons. The zero-order chi connectivity index (χ0) is 44.8. The molecular weight excluding hydrogens is 823 g/mol. The SMILES string of the molecule is CN1C[C@@](C)(c2cc(NC(=O)c3ccn(C)n3)ccc2F)N=C(N)C(C)(C)S1(=O)=O.CN1C[C@@](C)(c2cc(NC(=O)c3cnccn3)ccc2F)N=C(N)C(C)(C)S1(=O)=O. The lowest BCUT2D eigenvalue weighted by molar-refractivity contribution is 0.101. The molecule has 2 aromatic carbocycles. The number of hydrogen-bond acceptors (Lipinski definition) is 13. The van der Waals surface area contributed by atoms with E-state index in [1.54, 1.807) is 33.2 Å². The Hall–Kier alpha value is -5.71. The number of carbonyl (C=O) groups excluding carboxylic acids is 2. The highest BCUT2D eigenvalue weighted by Crippen LogP contribution is 2.38. The number of hydrogen-bond donors (Lipinski definition) is 4. The Bertz CT molecular complexity index is 2620. The van der Waals surface area contributed by atoms with Gasteiger partial charge in [-0.1, -0.05) is 0 Å². The summed E-state index contributed by atoms with van der Waals surface area (Å²) in [6, 6.07) is 9.60. The predicted octanol–water partition coefficient (Wildman–Crippen LogP) is 2.93. The molecule has 0 bridgehead atoms. The molecule has 6 rings (SSSR count). The summed E-state index contributed by atoms with van der Waals surface area (Å²) in [4.78, 5) is 41.3. The summed E-state index contributed by atoms with van der Waals surface area (Å²) in [6.07, 6.45) is 5.76. The third kappa shape index (κ3) is 8.49. The third-order valence-electron chi connectivity index (χ3n) is 10.5. The van der Waals surface area contributed by atoms with Gasteiger partial charge >= 0.3 is 0 Å². The van der Waals surface area contributed by atoms with Crippen LogP contribution in [-0.2, 0) is 38.2 Å². The summed E-state index contributed by atoms with van der Waals surface area (Å²) in [5.74, 6) is -2.40. The van der Waals surface area contributed by atoms with Crippen LogP contribution in [-0.4, -0.2) is 105 Å². The van der Waals surface area contributed by atoms with Crippen LogP contribution in [0.3, 0.4) is 0 Å². The molecule has 0 fully saturated rings. The number of rotatable bonds is 6. The fourth-order valence-electron chi connectivity index (χ4n) is 6.62. The van der Waals surface area contributed by atoms with E-state index in [0.29, 0.717) is 11.4 Å². The number of amides is 2. The van der Waals surface area contributed by atoms with Crippen LogP contribution < -0.4 is 22.1 Å². The van der Waals surface area contributed by atoms with E-state index < -0.39 is 64.1 Å². The molecule has 322 valence electrons. The van der Waals surface area contributed by atoms with Gasteiger partial charge in [0.15, 0.2) is 5.69 Å². The van der Waals surface area contributed by atoms with E-state index in [0.717, 1.165) is 8.61 Å². The van der Waals surface area contributed by atoms with Crippen molar-refractivity contribution in [1.29, 1.82) is 0 Å². The molecule has 0 saturated carbocycles. The van der Waals surface area contributed by atoms with Gasteiger partial charge < -0.3 is 22.1 Å². The number of carbonyl (C=O) groups is 2. The van der Waals surface area contributed by atoms with E-state index >= 15 is 0 Å². The van der Waals surface area contributed by atoms with Crippen molar-refractivity contribution < 1.29 is 35.2 Å². The number of aromatic nitrogens is 4. The van der Waals surface area contributed by atoms with Gasteiger partial charge in [0.2, 0.25) is 20.0 Å². The Balaban J connectivity index is 0.000000228. The highest BCUT2D eigenvalue weighted by molar-refractivity contribution is 7.91. The molecule has 4 heterocycles. The molecule has 2 atom stereocenters. The molecule has 60 heavy (non-hydrogen) atoms. The highest BCUT2D eigenvalue weighted by Gasteiger charge is 2.49. The topological polar surface area (TPSA) is 253 Å². The fraction of sp³-hybridized carbons (Fsp3) is 0.395. The first-order chi connectivity index (χ1) is 27.7. The lowest BCUT2D eigenvalue weighted by Crippen LogP contribution is -2.50. The van der Waals surface area contributed by atoms with Crippen LogP contribution in [0.4, 0.5) is 20.2 Å². The summed E-state index contributed by atoms with van der Waals surface area (Å²) < 4.78 is 81.9. The number of nitrogens with one attached hydrogen (secondary N) is 2. The predicted molar refractivity (Wildman–Crippen MR) is 223 cm³/mol. The Kier molecular flexibility index (Phi) is 12.1. The molecule has 2 aromatic heterocycles. The number of nitrogens with zero attached hydrogens (tertiary/aromatic N) is 8. The molecule has 6 N–H and O–H groups in total. The summed E-state index contributed by atoms with van der Waals surface area (Å²) in [5.41, 5.74) is 10.6. The lowest BCUT2D eigenvalue weighted by atomic mass is 9.91. The molecule has 0 aliphatic carbocycles. The van der Waals surface area contributed by atoms with Gasteiger partial charge in [0.25, 0.3) is 11.8 Å². The molecular formula is C38H48F2N12O6S2. The Labute approximate surface area is 347 Å². The van der Waals surface area contributed by atoms with Crippen molar-refractivity contribution in [3.8, 4) is 0 Å². The van der Waals surface area contributed by atoms with Crippen LogP contribution in [0.5, 0.6) is 0 Å². The minimum absolute atomic E-state index is 0.0962. The smallest absolute Gasteiger partial charge is 0.276 e. The van der Waals surface area contributed by atoms with Gasteiger partial charge in [0.05, 0.1) is 6.20 Å². The number of benzene rings is 2. The normalized spacial score (nSPS) is 23.4. The fourth-order valence-corrected chi connectivity index (χ4v) is 9.64. The zero-order valence-electron chi connectivity index (χ0n) is 34.5. The number of nitrogens with two attached hydrogens (primary N) is 2. The standard InChI is InChI=1S/C19H25FN6O3S.C19H23FN6O3S/c1-18(2)17(21)23-19(3,11-26(5)30(18,28)29)13-10-12(6-7-14(13)20)22-16(27)15-8-9-25(4)24-15;1-18(2)17(21)25-19(3,11-26(4)30(18,28)29)13-9-12(5-6-14(13)20)24-16(27)15-10-22-7-8-23-15/h6-10H,11H2,1-5H3,(H2,21,23)(H,22,27);5-10H,11H2,1-4H3,(H2,21,25)(H,24,27)/t2*19-/m00/s1. The number of aliphatic imine (C=N–C) groups is 2. The maximum Gasteiger partial charge on any atom is 0.276 e. The first-order valence-corrected chi connectivity index (χ1v) is 21.2. The Morgan fingerprint density at radius 1 is 0.683 bits per heavy atom. The van der Waals surface area contributed by atoms with Crippen molar-refractivity contribution in [1.82, 2.24) is 28.4 Å². The Morgan fingerprint density at radius 3 is 1.50 bits per heavy atom. The molecule has 0 unspecified atom stereocenters. The minimum Gasteiger partial charge on any atom is -0.386 e. The molecule has 4 aromatic rings. The van der Waals surface area contributed by atoms with Gasteiger partial charge in [-0.3, -0.25) is 29.2 Å². The Morgan fingerprint density at radius 2 is 1.12 bits per heavy atom. The van der Waals surface area contributed by atoms with Crippen molar-refractivity contribution >= 4 is 54.9 Å². The van der Waals surface area contributed by atoms with Crippen LogP contribution in [0.25, 0.3) is 0 Å². The average molecular weight is 871 g/mol. The van der Waals surface area contributed by atoms with Gasteiger partial charge in [-0.2, -0.15) is 5.10 Å². The van der Waals surface area contributed by atoms with Crippen LogP contribution in [0.2, 0.25) is 0 Å². The quantitative estimate of drug-likeness (QED) is 0.219. The van der Waals surface area contributed by atoms with Crippen molar-refractivity contribution in [2.24, 2.45) is 28.5 Å². The first-order valence-electron chi connectivity index (χ1n) is 18.3. The van der Waals surface area contributed by atoms with Crippen LogP contribution in [0.1, 0.15) is 73.6 Å². The van der Waals surface area contributed by atoms with Crippen molar-refractivity contribution in [3.63, 3.8) is 0 Å². The van der Waals surface area contributed by atoms with Crippen LogP contribution in [0.15, 0.2) is 77.2 Å². The number of halogens is 2. The molecule has 2 amide bonds. The van der Waals surface area contributed by atoms with Crippen molar-refractivity contribution in [3.05, 3.63) is 101 Å². The number of aryl methyl sites for hydroxylation is 1. The van der Waals surface area contributed by atoms with Gasteiger partial charge in [-0.15, -0.1) is 0 Å². The molecule has 2 aliphatic rings. The second-order valence-corrected chi connectivity index (χ2v) is 21.0. The average Bonchev–Trinajstić information content (AvgIpc) is 3.59. The van der Waals surface area contributed by atoms with E-state index in [9.17, 15) is 35.2 Å². The number of amidine groups is 2. The first kappa shape index (κ1) is 45.4. The molecule has 22 heteroatoms. The van der Waals surface area contributed by atoms with E-state index in [4.69, 9.17) is 11.5 Å². The molecule has 0 saturated heterocycles. The maximum atomic E-state index is 14.8. The third-order valence-corrected chi connectivity index (χ3v) is 15.4. The van der Waals surface area contributed by atoms with E-state index in [1.165, 1.54) is 101 Å². The summed E-state index contributed by atoms with van der Waals surface area (Å²) >= 11 is 0. The molecule has 2 aliphatic heterocycles. The minimum atomic E-state index is -3.81. The largest absolute Gasteiger partial charge is 0.386 e. The van der Waals surface area contributed by atoms with Gasteiger partial charge in [-0.25, -0.2) is 39.2 Å². The van der Waals surface area contributed by atoms with Gasteiger partial charge in [-0.05, 0) is 84.0 Å². The van der Waals surface area contributed by atoms with Crippen molar-refractivity contribution in [2.45, 2.75) is 62.1 Å². The van der Waals surface area contributed by atoms with E-state index in [2.05, 4.69) is 35.7 Å². The summed E-state index contributed by atoms with van der Waals surface area (Å²) in [7, 11) is -3.11. The molecule has 0 spiro atoms. The monoisotopic (exact) mass is 870 g/mol. The highest BCUT2D eigenvalue weighted by atomic mass is 32.2. The van der Waals surface area contributed by atoms with Gasteiger partial charge in [0, 0.05) is 75.3 Å². The molecule has 18 nitrogen and oxygen atoms in total. The lowest BCUT2D eigenvalue weighted by Gasteiger charge is -2.29. The second-order valence-electron chi connectivity index (χ2n) is 15.8. The number of anilines is 2. The van der Waals surface area contributed by atoms with Crippen molar-refractivity contribution in [2.75, 3.05) is 37.8 Å². The number of sulfonamides is 2. The van der Waals surface area contributed by atoms with Crippen LogP contribution in [0, 0.1) is 11.6 Å². The summed E-state index contributed by atoms with van der Waals surface area (Å²) in [6.45, 7) is 8.79. The zero-order valence-corrected chi connectivity index (χ0v) is 36.2. The second kappa shape index (κ2) is 16.0. The van der Waals surface area contributed by atoms with Gasteiger partial charge in [0.1, 0.15) is 49.6 Å². The summed E-state index contributed by atoms with van der Waals surface area (Å²) in [5, 5.41) is 9.34. The van der Waals surface area contributed by atoms with Crippen LogP contribution >= 0.6 is 0 Å².